The van der Waals surface area contributed by atoms with E-state index in [2.05, 4.69) is 10.6 Å². The highest BCUT2D eigenvalue weighted by atomic mass is 16.3. The van der Waals surface area contributed by atoms with E-state index in [1.54, 1.807) is 0 Å². The SMILES string of the molecule is CCN[C@H](C)CNC(=O)c1oc2ccccc2c1CN(C)C. The monoisotopic (exact) mass is 303 g/mol. The topological polar surface area (TPSA) is 57.5 Å². The van der Waals surface area contributed by atoms with E-state index in [-0.39, 0.29) is 11.9 Å². The molecule has 22 heavy (non-hydrogen) atoms. The Labute approximate surface area is 131 Å². The summed E-state index contributed by atoms with van der Waals surface area (Å²) < 4.78 is 5.80. The number of carbonyl (C=O) groups is 1. The number of furan rings is 1. The molecule has 2 rings (SSSR count). The van der Waals surface area contributed by atoms with Gasteiger partial charge in [-0.25, -0.2) is 0 Å². The summed E-state index contributed by atoms with van der Waals surface area (Å²) >= 11 is 0. The van der Waals surface area contributed by atoms with Gasteiger partial charge in [-0.15, -0.1) is 0 Å². The summed E-state index contributed by atoms with van der Waals surface area (Å²) in [4.78, 5) is 14.5. The van der Waals surface area contributed by atoms with E-state index in [9.17, 15) is 4.79 Å². The Kier molecular flexibility index (Phi) is 5.57. The molecule has 1 atom stereocenters. The number of nitrogens with one attached hydrogen (secondary N) is 2. The third-order valence-electron chi connectivity index (χ3n) is 3.50. The van der Waals surface area contributed by atoms with Gasteiger partial charge in [0.1, 0.15) is 5.58 Å². The molecule has 0 fully saturated rings. The van der Waals surface area contributed by atoms with E-state index in [1.165, 1.54) is 0 Å². The number of fused-ring (bicyclic) bond motifs is 1. The van der Waals surface area contributed by atoms with Gasteiger partial charge in [0.05, 0.1) is 0 Å². The quantitative estimate of drug-likeness (QED) is 0.823. The van der Waals surface area contributed by atoms with Gasteiger partial charge < -0.3 is 20.0 Å². The molecule has 120 valence electrons. The van der Waals surface area contributed by atoms with Gasteiger partial charge in [0.15, 0.2) is 5.76 Å². The zero-order valence-electron chi connectivity index (χ0n) is 13.8. The summed E-state index contributed by atoms with van der Waals surface area (Å²) in [5.41, 5.74) is 1.69. The second-order valence-electron chi connectivity index (χ2n) is 5.81. The Hall–Kier alpha value is -1.85. The largest absolute Gasteiger partial charge is 0.451 e. The van der Waals surface area contributed by atoms with Crippen LogP contribution in [0.5, 0.6) is 0 Å². The zero-order chi connectivity index (χ0) is 16.1. The van der Waals surface area contributed by atoms with E-state index < -0.39 is 0 Å². The lowest BCUT2D eigenvalue weighted by Gasteiger charge is -2.13. The van der Waals surface area contributed by atoms with Crippen molar-refractivity contribution in [3.63, 3.8) is 0 Å². The van der Waals surface area contributed by atoms with Crippen molar-refractivity contribution in [2.75, 3.05) is 27.2 Å². The fraction of sp³-hybridized carbons (Fsp3) is 0.471. The van der Waals surface area contributed by atoms with Gasteiger partial charge in [0.2, 0.25) is 0 Å². The van der Waals surface area contributed by atoms with Crippen LogP contribution in [0, 0.1) is 0 Å². The molecule has 0 aliphatic carbocycles. The van der Waals surface area contributed by atoms with Gasteiger partial charge in [-0.2, -0.15) is 0 Å². The number of rotatable bonds is 7. The van der Waals surface area contributed by atoms with Crippen LogP contribution in [-0.2, 0) is 6.54 Å². The van der Waals surface area contributed by atoms with E-state index in [1.807, 2.05) is 57.1 Å². The highest BCUT2D eigenvalue weighted by Gasteiger charge is 2.20. The van der Waals surface area contributed by atoms with Gasteiger partial charge >= 0.3 is 0 Å². The van der Waals surface area contributed by atoms with Crippen molar-refractivity contribution in [2.45, 2.75) is 26.4 Å². The van der Waals surface area contributed by atoms with Crippen LogP contribution in [0.2, 0.25) is 0 Å². The first-order chi connectivity index (χ1) is 10.5. The number of amides is 1. The molecule has 2 aromatic rings. The van der Waals surface area contributed by atoms with Crippen molar-refractivity contribution in [2.24, 2.45) is 0 Å². The summed E-state index contributed by atoms with van der Waals surface area (Å²) in [5, 5.41) is 7.22. The maximum absolute atomic E-state index is 12.5. The van der Waals surface area contributed by atoms with Gasteiger partial charge in [0.25, 0.3) is 5.91 Å². The van der Waals surface area contributed by atoms with Crippen LogP contribution in [0.3, 0.4) is 0 Å². The van der Waals surface area contributed by atoms with Crippen LogP contribution < -0.4 is 10.6 Å². The number of para-hydroxylation sites is 1. The second-order valence-corrected chi connectivity index (χ2v) is 5.81. The summed E-state index contributed by atoms with van der Waals surface area (Å²) in [6, 6.07) is 8.00. The van der Waals surface area contributed by atoms with E-state index in [0.29, 0.717) is 18.8 Å². The Morgan fingerprint density at radius 3 is 2.73 bits per heavy atom. The van der Waals surface area contributed by atoms with Crippen LogP contribution in [0.25, 0.3) is 11.0 Å². The third-order valence-corrected chi connectivity index (χ3v) is 3.50. The van der Waals surface area contributed by atoms with Crippen molar-refractivity contribution in [3.05, 3.63) is 35.6 Å². The minimum atomic E-state index is -0.155. The number of likely N-dealkylation sites (N-methyl/N-ethyl adjacent to an activating group) is 1. The van der Waals surface area contributed by atoms with E-state index >= 15 is 0 Å². The molecule has 0 unspecified atom stereocenters. The molecule has 0 aliphatic heterocycles. The molecule has 0 bridgehead atoms. The summed E-state index contributed by atoms with van der Waals surface area (Å²) in [5.74, 6) is 0.261. The predicted molar refractivity (Wildman–Crippen MR) is 89.1 cm³/mol. The third kappa shape index (κ3) is 3.87. The van der Waals surface area contributed by atoms with Crippen LogP contribution >= 0.6 is 0 Å². The second kappa shape index (κ2) is 7.42. The standard InChI is InChI=1S/C17H25N3O2/c1-5-18-12(2)10-19-17(21)16-14(11-20(3)4)13-8-6-7-9-15(13)22-16/h6-9,12,18H,5,10-11H2,1-4H3,(H,19,21)/t12-/m1/s1. The predicted octanol–water partition coefficient (Wildman–Crippen LogP) is 2.22. The lowest BCUT2D eigenvalue weighted by atomic mass is 10.1. The van der Waals surface area contributed by atoms with Gasteiger partial charge in [-0.3, -0.25) is 4.79 Å². The van der Waals surface area contributed by atoms with Crippen LogP contribution in [0.15, 0.2) is 28.7 Å². The molecule has 1 aromatic heterocycles. The lowest BCUT2D eigenvalue weighted by molar-refractivity contribution is 0.0922. The molecule has 0 aliphatic rings. The number of hydrogen-bond acceptors (Lipinski definition) is 4. The number of nitrogens with zero attached hydrogens (tertiary/aromatic N) is 1. The molecule has 5 heteroatoms. The maximum Gasteiger partial charge on any atom is 0.287 e. The van der Waals surface area contributed by atoms with Gasteiger partial charge in [-0.05, 0) is 33.6 Å². The molecular formula is C17H25N3O2. The summed E-state index contributed by atoms with van der Waals surface area (Å²) in [6.45, 7) is 6.22. The van der Waals surface area contributed by atoms with E-state index in [0.717, 1.165) is 23.1 Å². The van der Waals surface area contributed by atoms with Crippen molar-refractivity contribution in [1.29, 1.82) is 0 Å². The average molecular weight is 303 g/mol. The van der Waals surface area contributed by atoms with Crippen LogP contribution in [0.4, 0.5) is 0 Å². The number of carbonyl (C=O) groups excluding carboxylic acids is 1. The molecule has 0 spiro atoms. The first kappa shape index (κ1) is 16.5. The molecule has 0 radical (unpaired) electrons. The average Bonchev–Trinajstić information content (AvgIpc) is 2.83. The first-order valence-corrected chi connectivity index (χ1v) is 7.69. The molecule has 1 aromatic carbocycles. The fourth-order valence-corrected chi connectivity index (χ4v) is 2.50. The summed E-state index contributed by atoms with van der Waals surface area (Å²) in [7, 11) is 3.97. The van der Waals surface area contributed by atoms with Crippen molar-refractivity contribution in [3.8, 4) is 0 Å². The Balaban J connectivity index is 2.23. The highest BCUT2D eigenvalue weighted by molar-refractivity contribution is 5.99. The normalized spacial score (nSPS) is 12.8. The molecule has 5 nitrogen and oxygen atoms in total. The molecular weight excluding hydrogens is 278 g/mol. The Bertz CT molecular complexity index is 634. The molecule has 0 saturated carbocycles. The van der Waals surface area contributed by atoms with Gasteiger partial charge in [-0.1, -0.05) is 25.1 Å². The van der Waals surface area contributed by atoms with Crippen molar-refractivity contribution >= 4 is 16.9 Å². The van der Waals surface area contributed by atoms with Crippen LogP contribution in [-0.4, -0.2) is 44.0 Å². The lowest BCUT2D eigenvalue weighted by Crippen LogP contribution is -2.39. The molecule has 0 saturated heterocycles. The smallest absolute Gasteiger partial charge is 0.287 e. The Morgan fingerprint density at radius 1 is 1.32 bits per heavy atom. The van der Waals surface area contributed by atoms with E-state index in [4.69, 9.17) is 4.42 Å². The van der Waals surface area contributed by atoms with Crippen LogP contribution in [0.1, 0.15) is 30.0 Å². The first-order valence-electron chi connectivity index (χ1n) is 7.69. The molecule has 1 heterocycles. The highest BCUT2D eigenvalue weighted by Crippen LogP contribution is 2.26. The molecule has 1 amide bonds. The number of hydrogen-bond donors (Lipinski definition) is 2. The van der Waals surface area contributed by atoms with Crippen molar-refractivity contribution in [1.82, 2.24) is 15.5 Å². The zero-order valence-corrected chi connectivity index (χ0v) is 13.8. The fourth-order valence-electron chi connectivity index (χ4n) is 2.50. The maximum atomic E-state index is 12.5. The molecule has 2 N–H and O–H groups in total. The summed E-state index contributed by atoms with van der Waals surface area (Å²) in [6.07, 6.45) is 0. The minimum absolute atomic E-state index is 0.155. The number of benzene rings is 1. The van der Waals surface area contributed by atoms with Crippen molar-refractivity contribution < 1.29 is 9.21 Å². The minimum Gasteiger partial charge on any atom is -0.451 e. The van der Waals surface area contributed by atoms with Gasteiger partial charge in [0, 0.05) is 30.1 Å². The Morgan fingerprint density at radius 2 is 2.05 bits per heavy atom.